The molecule has 0 aromatic rings. The van der Waals surface area contributed by atoms with E-state index in [4.69, 9.17) is 4.74 Å². The van der Waals surface area contributed by atoms with Gasteiger partial charge in [-0.2, -0.15) is 0 Å². The summed E-state index contributed by atoms with van der Waals surface area (Å²) in [6.45, 7) is 7.88. The molecule has 1 saturated carbocycles. The molecule has 0 aromatic carbocycles. The number of hydrogen-bond donors (Lipinski definition) is 1. The normalized spacial score (nSPS) is 32.0. The van der Waals surface area contributed by atoms with Gasteiger partial charge in [-0.05, 0) is 37.5 Å². The summed E-state index contributed by atoms with van der Waals surface area (Å²) in [6.07, 6.45) is 6.92. The zero-order valence-electron chi connectivity index (χ0n) is 10.2. The molecular weight excluding hydrogens is 186 g/mol. The van der Waals surface area contributed by atoms with Crippen LogP contribution in [0.25, 0.3) is 0 Å². The van der Waals surface area contributed by atoms with Crippen LogP contribution in [0.1, 0.15) is 46.0 Å². The quantitative estimate of drug-likeness (QED) is 0.771. The fourth-order valence-corrected chi connectivity index (χ4v) is 2.93. The Morgan fingerprint density at radius 2 is 2.13 bits per heavy atom. The van der Waals surface area contributed by atoms with Crippen molar-refractivity contribution in [2.45, 2.75) is 52.0 Å². The van der Waals surface area contributed by atoms with Crippen LogP contribution in [0, 0.1) is 11.3 Å². The lowest BCUT2D eigenvalue weighted by atomic mass is 9.88. The average Bonchev–Trinajstić information content (AvgIpc) is 2.85. The highest BCUT2D eigenvalue weighted by atomic mass is 16.5. The van der Waals surface area contributed by atoms with Crippen molar-refractivity contribution in [3.8, 4) is 0 Å². The van der Waals surface area contributed by atoms with Gasteiger partial charge >= 0.3 is 0 Å². The summed E-state index contributed by atoms with van der Waals surface area (Å²) < 4.78 is 5.44. The summed E-state index contributed by atoms with van der Waals surface area (Å²) in [4.78, 5) is 0. The predicted octanol–water partition coefficient (Wildman–Crippen LogP) is 2.58. The molecule has 1 aliphatic carbocycles. The number of nitrogens with one attached hydrogen (secondary N) is 1. The van der Waals surface area contributed by atoms with Crippen LogP contribution in [0.4, 0.5) is 0 Å². The van der Waals surface area contributed by atoms with E-state index in [0.717, 1.165) is 19.1 Å². The van der Waals surface area contributed by atoms with Crippen molar-refractivity contribution in [1.82, 2.24) is 5.32 Å². The first kappa shape index (κ1) is 11.4. The lowest BCUT2D eigenvalue weighted by Gasteiger charge is -2.28. The third kappa shape index (κ3) is 2.94. The smallest absolute Gasteiger partial charge is 0.0509 e. The third-order valence-corrected chi connectivity index (χ3v) is 4.33. The Morgan fingerprint density at radius 3 is 2.73 bits per heavy atom. The summed E-state index contributed by atoms with van der Waals surface area (Å²) in [5.41, 5.74) is 0.577. The van der Waals surface area contributed by atoms with Gasteiger partial charge in [0.15, 0.2) is 0 Å². The minimum atomic E-state index is 0.577. The van der Waals surface area contributed by atoms with Crippen LogP contribution in [0.5, 0.6) is 0 Å². The molecule has 0 amide bonds. The van der Waals surface area contributed by atoms with Crippen molar-refractivity contribution in [3.05, 3.63) is 0 Å². The summed E-state index contributed by atoms with van der Waals surface area (Å²) in [6, 6.07) is 0.630. The van der Waals surface area contributed by atoms with E-state index in [-0.39, 0.29) is 0 Å². The van der Waals surface area contributed by atoms with Gasteiger partial charge in [0.2, 0.25) is 0 Å². The highest BCUT2D eigenvalue weighted by Crippen LogP contribution is 2.36. The second kappa shape index (κ2) is 4.84. The van der Waals surface area contributed by atoms with Gasteiger partial charge in [0, 0.05) is 19.2 Å². The van der Waals surface area contributed by atoms with E-state index in [0.29, 0.717) is 11.5 Å². The first-order valence-electron chi connectivity index (χ1n) is 6.51. The van der Waals surface area contributed by atoms with Crippen LogP contribution in [-0.2, 0) is 4.74 Å². The molecule has 15 heavy (non-hydrogen) atoms. The Morgan fingerprint density at radius 1 is 1.40 bits per heavy atom. The molecule has 2 atom stereocenters. The van der Waals surface area contributed by atoms with Crippen LogP contribution in [-0.4, -0.2) is 25.8 Å². The minimum Gasteiger partial charge on any atom is -0.381 e. The van der Waals surface area contributed by atoms with Gasteiger partial charge in [0.25, 0.3) is 0 Å². The first-order valence-corrected chi connectivity index (χ1v) is 6.51. The molecule has 88 valence electrons. The molecule has 0 bridgehead atoms. The molecule has 0 spiro atoms. The number of rotatable bonds is 4. The van der Waals surface area contributed by atoms with Gasteiger partial charge in [-0.3, -0.25) is 0 Å². The number of ether oxygens (including phenoxy) is 1. The zero-order chi connectivity index (χ0) is 10.7. The highest BCUT2D eigenvalue weighted by Gasteiger charge is 2.30. The number of hydrogen-bond acceptors (Lipinski definition) is 2. The molecule has 2 rings (SSSR count). The van der Waals surface area contributed by atoms with Crippen LogP contribution in [0.15, 0.2) is 0 Å². The average molecular weight is 211 g/mol. The molecule has 0 radical (unpaired) electrons. The molecule has 1 aliphatic heterocycles. The SMILES string of the molecule is CC(NCC1(C)CCCC1)C1CCOC1. The third-order valence-electron chi connectivity index (χ3n) is 4.33. The van der Waals surface area contributed by atoms with E-state index < -0.39 is 0 Å². The Kier molecular flexibility index (Phi) is 3.68. The summed E-state index contributed by atoms with van der Waals surface area (Å²) in [7, 11) is 0. The second-order valence-corrected chi connectivity index (χ2v) is 5.81. The van der Waals surface area contributed by atoms with E-state index in [1.54, 1.807) is 0 Å². The molecule has 2 unspecified atom stereocenters. The van der Waals surface area contributed by atoms with Gasteiger partial charge in [0.1, 0.15) is 0 Å². The lowest BCUT2D eigenvalue weighted by molar-refractivity contribution is 0.175. The van der Waals surface area contributed by atoms with Gasteiger partial charge in [-0.1, -0.05) is 19.8 Å². The van der Waals surface area contributed by atoms with Gasteiger partial charge < -0.3 is 10.1 Å². The monoisotopic (exact) mass is 211 g/mol. The Balaban J connectivity index is 1.72. The van der Waals surface area contributed by atoms with E-state index >= 15 is 0 Å². The van der Waals surface area contributed by atoms with Gasteiger partial charge in [-0.15, -0.1) is 0 Å². The maximum Gasteiger partial charge on any atom is 0.0509 e. The molecule has 1 heterocycles. The largest absolute Gasteiger partial charge is 0.381 e. The van der Waals surface area contributed by atoms with E-state index in [1.807, 2.05) is 0 Å². The first-order chi connectivity index (χ1) is 7.20. The van der Waals surface area contributed by atoms with Gasteiger partial charge in [-0.25, -0.2) is 0 Å². The second-order valence-electron chi connectivity index (χ2n) is 5.81. The van der Waals surface area contributed by atoms with Crippen molar-refractivity contribution >= 4 is 0 Å². The van der Waals surface area contributed by atoms with Crippen LogP contribution >= 0.6 is 0 Å². The fraction of sp³-hybridized carbons (Fsp3) is 1.00. The summed E-state index contributed by atoms with van der Waals surface area (Å²) in [5.74, 6) is 0.745. The predicted molar refractivity (Wildman–Crippen MR) is 63.0 cm³/mol. The van der Waals surface area contributed by atoms with Crippen LogP contribution < -0.4 is 5.32 Å². The molecule has 1 saturated heterocycles. The standard InChI is InChI=1S/C13H25NO/c1-11(12-5-8-15-9-12)14-10-13(2)6-3-4-7-13/h11-12,14H,3-10H2,1-2H3. The van der Waals surface area contributed by atoms with Gasteiger partial charge in [0.05, 0.1) is 6.61 Å². The Bertz CT molecular complexity index is 193. The van der Waals surface area contributed by atoms with Crippen LogP contribution in [0.3, 0.4) is 0 Å². The van der Waals surface area contributed by atoms with Crippen molar-refractivity contribution < 1.29 is 4.74 Å². The lowest BCUT2D eigenvalue weighted by Crippen LogP contribution is -2.40. The Hall–Kier alpha value is -0.0800. The molecule has 2 heteroatoms. The maximum atomic E-state index is 5.44. The molecule has 0 aromatic heterocycles. The molecule has 2 nitrogen and oxygen atoms in total. The van der Waals surface area contributed by atoms with Crippen LogP contribution in [0.2, 0.25) is 0 Å². The fourth-order valence-electron chi connectivity index (χ4n) is 2.93. The van der Waals surface area contributed by atoms with E-state index in [1.165, 1.54) is 38.6 Å². The van der Waals surface area contributed by atoms with E-state index in [2.05, 4.69) is 19.2 Å². The molecular formula is C13H25NO. The molecule has 1 N–H and O–H groups in total. The van der Waals surface area contributed by atoms with Crippen molar-refractivity contribution in [3.63, 3.8) is 0 Å². The van der Waals surface area contributed by atoms with Crippen molar-refractivity contribution in [1.29, 1.82) is 0 Å². The Labute approximate surface area is 93.8 Å². The van der Waals surface area contributed by atoms with Crippen molar-refractivity contribution in [2.75, 3.05) is 19.8 Å². The van der Waals surface area contributed by atoms with E-state index in [9.17, 15) is 0 Å². The molecule has 2 aliphatic rings. The van der Waals surface area contributed by atoms with Crippen molar-refractivity contribution in [2.24, 2.45) is 11.3 Å². The minimum absolute atomic E-state index is 0.577. The molecule has 2 fully saturated rings. The summed E-state index contributed by atoms with van der Waals surface area (Å²) in [5, 5.41) is 3.73. The zero-order valence-corrected chi connectivity index (χ0v) is 10.2. The topological polar surface area (TPSA) is 21.3 Å². The summed E-state index contributed by atoms with van der Waals surface area (Å²) >= 11 is 0. The maximum absolute atomic E-state index is 5.44. The highest BCUT2D eigenvalue weighted by molar-refractivity contribution is 4.85.